The number of rotatable bonds is 4. The second-order valence-corrected chi connectivity index (χ2v) is 9.48. The van der Waals surface area contributed by atoms with Gasteiger partial charge in [-0.25, -0.2) is 4.98 Å². The van der Waals surface area contributed by atoms with Crippen molar-refractivity contribution in [2.24, 2.45) is 7.05 Å². The number of pyridine rings is 2. The second kappa shape index (κ2) is 9.54. The summed E-state index contributed by atoms with van der Waals surface area (Å²) in [6.45, 7) is 5.40. The zero-order valence-electron chi connectivity index (χ0n) is 21.6. The lowest BCUT2D eigenvalue weighted by atomic mass is 9.99. The number of nitrogens with zero attached hydrogens (tertiary/aromatic N) is 4. The number of alkyl halides is 3. The molecule has 0 aliphatic heterocycles. The average Bonchev–Trinajstić information content (AvgIpc) is 3.33. The fourth-order valence-corrected chi connectivity index (χ4v) is 4.47. The first kappa shape index (κ1) is 25.9. The number of imidazole rings is 1. The van der Waals surface area contributed by atoms with Gasteiger partial charge in [0.15, 0.2) is 0 Å². The fourth-order valence-electron chi connectivity index (χ4n) is 4.47. The van der Waals surface area contributed by atoms with Crippen LogP contribution in [0.5, 0.6) is 0 Å². The molecule has 3 heterocycles. The van der Waals surface area contributed by atoms with E-state index in [0.717, 1.165) is 34.3 Å². The van der Waals surface area contributed by atoms with Crippen LogP contribution < -0.4 is 10.9 Å². The lowest BCUT2D eigenvalue weighted by molar-refractivity contribution is -0.137. The minimum absolute atomic E-state index is 0.156. The first-order valence-corrected chi connectivity index (χ1v) is 12.0. The van der Waals surface area contributed by atoms with Crippen LogP contribution in [0, 0.1) is 20.8 Å². The summed E-state index contributed by atoms with van der Waals surface area (Å²) in [7, 11) is 1.68. The summed E-state index contributed by atoms with van der Waals surface area (Å²) in [6.07, 6.45) is 0.00672. The summed E-state index contributed by atoms with van der Waals surface area (Å²) in [5.41, 5.74) is 3.09. The molecule has 0 aliphatic rings. The van der Waals surface area contributed by atoms with E-state index in [1.165, 1.54) is 17.0 Å². The standard InChI is InChI=1S/C29H24F3N5O2/c1-16-5-6-22(12-24(16)25-10-20-13-33-17(2)7-26(20)36(4)28(25)39)35-27(38)19-8-21(29(30,31)32)11-23(9-19)37-14-18(3)34-15-37/h5-15H,1-4H3,(H,35,38). The molecule has 2 aromatic carbocycles. The van der Waals surface area contributed by atoms with Crippen LogP contribution in [0.25, 0.3) is 27.7 Å². The average molecular weight is 532 g/mol. The van der Waals surface area contributed by atoms with Gasteiger partial charge in [0.05, 0.1) is 23.1 Å². The smallest absolute Gasteiger partial charge is 0.322 e. The number of benzene rings is 2. The number of hydrogen-bond acceptors (Lipinski definition) is 4. The molecule has 3 aromatic heterocycles. The summed E-state index contributed by atoms with van der Waals surface area (Å²) in [5.74, 6) is -0.722. The lowest BCUT2D eigenvalue weighted by Crippen LogP contribution is -2.19. The van der Waals surface area contributed by atoms with E-state index in [1.54, 1.807) is 55.2 Å². The number of carbonyl (C=O) groups is 1. The summed E-state index contributed by atoms with van der Waals surface area (Å²) in [4.78, 5) is 34.8. The van der Waals surface area contributed by atoms with Crippen molar-refractivity contribution in [2.45, 2.75) is 26.9 Å². The minimum Gasteiger partial charge on any atom is -0.322 e. The van der Waals surface area contributed by atoms with Crippen molar-refractivity contribution in [1.82, 2.24) is 19.1 Å². The Bertz CT molecular complexity index is 1820. The first-order valence-electron chi connectivity index (χ1n) is 12.0. The topological polar surface area (TPSA) is 81.8 Å². The second-order valence-electron chi connectivity index (χ2n) is 9.48. The molecule has 5 rings (SSSR count). The molecule has 10 heteroatoms. The molecule has 39 heavy (non-hydrogen) atoms. The Morgan fingerprint density at radius 3 is 2.38 bits per heavy atom. The number of aryl methyl sites for hydroxylation is 4. The predicted molar refractivity (Wildman–Crippen MR) is 143 cm³/mol. The van der Waals surface area contributed by atoms with Gasteiger partial charge < -0.3 is 14.5 Å². The van der Waals surface area contributed by atoms with Gasteiger partial charge in [0.1, 0.15) is 0 Å². The number of halogens is 3. The molecule has 0 saturated heterocycles. The number of anilines is 1. The van der Waals surface area contributed by atoms with Crippen molar-refractivity contribution in [3.63, 3.8) is 0 Å². The Kier molecular flexibility index (Phi) is 6.33. The zero-order chi connectivity index (χ0) is 28.1. The van der Waals surface area contributed by atoms with Crippen molar-refractivity contribution < 1.29 is 18.0 Å². The van der Waals surface area contributed by atoms with E-state index in [9.17, 15) is 22.8 Å². The van der Waals surface area contributed by atoms with E-state index in [2.05, 4.69) is 15.3 Å². The fraction of sp³-hybridized carbons (Fsp3) is 0.172. The number of carbonyl (C=O) groups excluding carboxylic acids is 1. The highest BCUT2D eigenvalue weighted by Crippen LogP contribution is 2.32. The molecule has 0 atom stereocenters. The number of nitrogens with one attached hydrogen (secondary N) is 1. The highest BCUT2D eigenvalue weighted by Gasteiger charge is 2.32. The largest absolute Gasteiger partial charge is 0.416 e. The molecule has 7 nitrogen and oxygen atoms in total. The Morgan fingerprint density at radius 1 is 0.923 bits per heavy atom. The highest BCUT2D eigenvalue weighted by molar-refractivity contribution is 6.05. The molecule has 0 radical (unpaired) electrons. The molecule has 0 spiro atoms. The van der Waals surface area contributed by atoms with Crippen LogP contribution in [-0.2, 0) is 13.2 Å². The Balaban J connectivity index is 1.54. The molecule has 0 aliphatic carbocycles. The molecule has 1 amide bonds. The minimum atomic E-state index is -4.65. The Morgan fingerprint density at radius 2 is 1.69 bits per heavy atom. The Labute approximate surface area is 221 Å². The number of amides is 1. The SMILES string of the molecule is Cc1cc2c(cn1)cc(-c1cc(NC(=O)c3cc(-n4cnc(C)c4)cc(C(F)(F)F)c3)ccc1C)c(=O)n2C. The first-order chi connectivity index (χ1) is 18.4. The van der Waals surface area contributed by atoms with Gasteiger partial charge in [0.25, 0.3) is 11.5 Å². The van der Waals surface area contributed by atoms with Gasteiger partial charge in [0, 0.05) is 53.0 Å². The van der Waals surface area contributed by atoms with Crippen molar-refractivity contribution in [1.29, 1.82) is 0 Å². The number of fused-ring (bicyclic) bond motifs is 1. The van der Waals surface area contributed by atoms with Gasteiger partial charge in [0.2, 0.25) is 0 Å². The Hall–Kier alpha value is -4.73. The maximum absolute atomic E-state index is 13.7. The van der Waals surface area contributed by atoms with Crippen molar-refractivity contribution in [3.8, 4) is 16.8 Å². The molecule has 0 saturated carbocycles. The third kappa shape index (κ3) is 5.05. The summed E-state index contributed by atoms with van der Waals surface area (Å²) in [6, 6.07) is 11.8. The van der Waals surface area contributed by atoms with Crippen molar-refractivity contribution in [3.05, 3.63) is 106 Å². The maximum atomic E-state index is 13.7. The van der Waals surface area contributed by atoms with Crippen LogP contribution in [0.4, 0.5) is 18.9 Å². The monoisotopic (exact) mass is 531 g/mol. The van der Waals surface area contributed by atoms with Crippen molar-refractivity contribution >= 4 is 22.5 Å². The molecule has 0 unspecified atom stereocenters. The molecular formula is C29H24F3N5O2. The van der Waals surface area contributed by atoms with E-state index < -0.39 is 17.6 Å². The predicted octanol–water partition coefficient (Wildman–Crippen LogP) is 5.98. The van der Waals surface area contributed by atoms with Crippen LogP contribution in [0.1, 0.15) is 32.9 Å². The lowest BCUT2D eigenvalue weighted by Gasteiger charge is -2.15. The zero-order valence-corrected chi connectivity index (χ0v) is 21.6. The van der Waals surface area contributed by atoms with Crippen LogP contribution >= 0.6 is 0 Å². The van der Waals surface area contributed by atoms with Gasteiger partial charge in [-0.05, 0) is 74.4 Å². The van der Waals surface area contributed by atoms with E-state index in [4.69, 9.17) is 0 Å². The van der Waals surface area contributed by atoms with Crippen LogP contribution in [0.15, 0.2) is 72.0 Å². The van der Waals surface area contributed by atoms with E-state index in [0.29, 0.717) is 22.5 Å². The van der Waals surface area contributed by atoms with Crippen LogP contribution in [0.2, 0.25) is 0 Å². The van der Waals surface area contributed by atoms with E-state index >= 15 is 0 Å². The summed E-state index contributed by atoms with van der Waals surface area (Å²) in [5, 5.41) is 3.46. The van der Waals surface area contributed by atoms with E-state index in [-0.39, 0.29) is 16.8 Å². The van der Waals surface area contributed by atoms with Crippen LogP contribution in [-0.4, -0.2) is 25.0 Å². The van der Waals surface area contributed by atoms with Gasteiger partial charge in [-0.3, -0.25) is 14.6 Å². The number of aromatic nitrogens is 4. The highest BCUT2D eigenvalue weighted by atomic mass is 19.4. The quantitative estimate of drug-likeness (QED) is 0.309. The molecule has 5 aromatic rings. The summed E-state index contributed by atoms with van der Waals surface area (Å²) < 4.78 is 43.9. The van der Waals surface area contributed by atoms with Gasteiger partial charge in [-0.2, -0.15) is 13.2 Å². The normalized spacial score (nSPS) is 11.7. The maximum Gasteiger partial charge on any atom is 0.416 e. The molecule has 0 fully saturated rings. The van der Waals surface area contributed by atoms with Gasteiger partial charge >= 0.3 is 6.18 Å². The number of hydrogen-bond donors (Lipinski definition) is 1. The molecular weight excluding hydrogens is 507 g/mol. The van der Waals surface area contributed by atoms with Crippen LogP contribution in [0.3, 0.4) is 0 Å². The van der Waals surface area contributed by atoms with Crippen molar-refractivity contribution in [2.75, 3.05) is 5.32 Å². The summed E-state index contributed by atoms with van der Waals surface area (Å²) >= 11 is 0. The third-order valence-electron chi connectivity index (χ3n) is 6.55. The van der Waals surface area contributed by atoms with E-state index in [1.807, 2.05) is 19.9 Å². The molecule has 0 bridgehead atoms. The third-order valence-corrected chi connectivity index (χ3v) is 6.55. The van der Waals surface area contributed by atoms with Gasteiger partial charge in [-0.1, -0.05) is 6.07 Å². The van der Waals surface area contributed by atoms with Gasteiger partial charge in [-0.15, -0.1) is 0 Å². The molecule has 198 valence electrons. The molecule has 1 N–H and O–H groups in total.